The molecular formula is C12H10BrClN2S. The second kappa shape index (κ2) is 5.87. The molecule has 0 aliphatic rings. The van der Waals surface area contributed by atoms with Gasteiger partial charge in [0.1, 0.15) is 5.03 Å². The largest absolute Gasteiger partial charge is 0.326 e. The van der Waals surface area contributed by atoms with Crippen LogP contribution in [0.3, 0.4) is 0 Å². The summed E-state index contributed by atoms with van der Waals surface area (Å²) in [6.07, 6.45) is 1.73. The lowest BCUT2D eigenvalue weighted by Crippen LogP contribution is -1.99. The van der Waals surface area contributed by atoms with Crippen LogP contribution in [0.2, 0.25) is 5.02 Å². The van der Waals surface area contributed by atoms with E-state index in [2.05, 4.69) is 20.9 Å². The maximum atomic E-state index is 6.08. The molecule has 0 unspecified atom stereocenters. The zero-order chi connectivity index (χ0) is 12.3. The topological polar surface area (TPSA) is 38.9 Å². The number of hydrogen-bond donors (Lipinski definition) is 1. The van der Waals surface area contributed by atoms with E-state index in [9.17, 15) is 0 Å². The van der Waals surface area contributed by atoms with Gasteiger partial charge in [-0.1, -0.05) is 45.4 Å². The summed E-state index contributed by atoms with van der Waals surface area (Å²) in [7, 11) is 0. The van der Waals surface area contributed by atoms with Crippen LogP contribution in [-0.4, -0.2) is 4.98 Å². The molecule has 1 aromatic carbocycles. The highest BCUT2D eigenvalue weighted by Gasteiger charge is 2.09. The van der Waals surface area contributed by atoms with Crippen molar-refractivity contribution in [2.45, 2.75) is 16.5 Å². The van der Waals surface area contributed by atoms with Crippen LogP contribution in [0.1, 0.15) is 5.56 Å². The molecule has 88 valence electrons. The highest BCUT2D eigenvalue weighted by molar-refractivity contribution is 9.10. The Morgan fingerprint density at radius 2 is 2.12 bits per heavy atom. The van der Waals surface area contributed by atoms with Gasteiger partial charge in [-0.2, -0.15) is 0 Å². The fourth-order valence-corrected chi connectivity index (χ4v) is 3.23. The van der Waals surface area contributed by atoms with E-state index in [4.69, 9.17) is 17.3 Å². The van der Waals surface area contributed by atoms with Crippen molar-refractivity contribution in [2.75, 3.05) is 0 Å². The van der Waals surface area contributed by atoms with Crippen molar-refractivity contribution in [3.63, 3.8) is 0 Å². The third kappa shape index (κ3) is 3.01. The first-order valence-electron chi connectivity index (χ1n) is 4.98. The molecule has 2 aromatic rings. The van der Waals surface area contributed by atoms with Crippen molar-refractivity contribution in [1.29, 1.82) is 0 Å². The van der Waals surface area contributed by atoms with Crippen LogP contribution in [-0.2, 0) is 6.54 Å². The highest BCUT2D eigenvalue weighted by Crippen LogP contribution is 2.35. The third-order valence-corrected chi connectivity index (χ3v) is 4.49. The summed E-state index contributed by atoms with van der Waals surface area (Å²) in [4.78, 5) is 5.33. The summed E-state index contributed by atoms with van der Waals surface area (Å²) in [5.74, 6) is 0. The molecule has 2 rings (SSSR count). The van der Waals surface area contributed by atoms with Gasteiger partial charge in [0.05, 0.1) is 5.02 Å². The monoisotopic (exact) mass is 328 g/mol. The van der Waals surface area contributed by atoms with Crippen molar-refractivity contribution >= 4 is 39.3 Å². The zero-order valence-corrected chi connectivity index (χ0v) is 12.0. The molecule has 0 aliphatic heterocycles. The predicted molar refractivity (Wildman–Crippen MR) is 75.4 cm³/mol. The van der Waals surface area contributed by atoms with E-state index in [1.165, 1.54) is 11.8 Å². The Bertz CT molecular complexity index is 534. The molecule has 2 N–H and O–H groups in total. The number of nitrogens with two attached hydrogens (primary N) is 1. The Labute approximate surface area is 118 Å². The fraction of sp³-hybridized carbons (Fsp3) is 0.0833. The maximum Gasteiger partial charge on any atom is 0.119 e. The Morgan fingerprint density at radius 3 is 2.82 bits per heavy atom. The average Bonchev–Trinajstić information content (AvgIpc) is 2.32. The van der Waals surface area contributed by atoms with Gasteiger partial charge in [0.2, 0.25) is 0 Å². The first-order chi connectivity index (χ1) is 8.22. The van der Waals surface area contributed by atoms with E-state index < -0.39 is 0 Å². The molecule has 0 saturated carbocycles. The van der Waals surface area contributed by atoms with Crippen LogP contribution in [0, 0.1) is 0 Å². The summed E-state index contributed by atoms with van der Waals surface area (Å²) >= 11 is 11.1. The summed E-state index contributed by atoms with van der Waals surface area (Å²) in [6, 6.07) is 9.62. The van der Waals surface area contributed by atoms with Crippen molar-refractivity contribution in [3.8, 4) is 0 Å². The number of halogens is 2. The minimum Gasteiger partial charge on any atom is -0.326 e. The van der Waals surface area contributed by atoms with Gasteiger partial charge in [-0.3, -0.25) is 0 Å². The number of rotatable bonds is 3. The van der Waals surface area contributed by atoms with E-state index in [1.54, 1.807) is 6.20 Å². The van der Waals surface area contributed by atoms with Gasteiger partial charge in [-0.05, 0) is 29.8 Å². The van der Waals surface area contributed by atoms with E-state index in [1.807, 2.05) is 30.3 Å². The lowest BCUT2D eigenvalue weighted by molar-refractivity contribution is 1.01. The molecule has 0 spiro atoms. The SMILES string of the molecule is NCc1c(Br)cccc1Sc1ncccc1Cl. The average molecular weight is 330 g/mol. The summed E-state index contributed by atoms with van der Waals surface area (Å²) in [6.45, 7) is 0.480. The molecule has 0 amide bonds. The van der Waals surface area contributed by atoms with Gasteiger partial charge >= 0.3 is 0 Å². The van der Waals surface area contributed by atoms with E-state index >= 15 is 0 Å². The van der Waals surface area contributed by atoms with Crippen molar-refractivity contribution in [3.05, 3.63) is 51.6 Å². The molecule has 0 aliphatic carbocycles. The fourth-order valence-electron chi connectivity index (χ4n) is 1.38. The molecule has 0 atom stereocenters. The lowest BCUT2D eigenvalue weighted by Gasteiger charge is -2.09. The molecule has 0 bridgehead atoms. The second-order valence-corrected chi connectivity index (χ2v) is 5.61. The summed E-state index contributed by atoms with van der Waals surface area (Å²) in [5.41, 5.74) is 6.82. The molecule has 0 radical (unpaired) electrons. The minimum atomic E-state index is 0.480. The van der Waals surface area contributed by atoms with Crippen LogP contribution in [0.25, 0.3) is 0 Å². The van der Waals surface area contributed by atoms with Crippen molar-refractivity contribution in [2.24, 2.45) is 5.73 Å². The lowest BCUT2D eigenvalue weighted by atomic mass is 10.2. The highest BCUT2D eigenvalue weighted by atomic mass is 79.9. The standard InChI is InChI=1S/C12H10BrClN2S/c13-9-3-1-5-11(8(9)7-15)17-12-10(14)4-2-6-16-12/h1-6H,7,15H2. The molecule has 0 saturated heterocycles. The molecule has 2 nitrogen and oxygen atoms in total. The number of nitrogens with zero attached hydrogens (tertiary/aromatic N) is 1. The first-order valence-corrected chi connectivity index (χ1v) is 6.97. The first kappa shape index (κ1) is 12.9. The summed E-state index contributed by atoms with van der Waals surface area (Å²) < 4.78 is 1.01. The van der Waals surface area contributed by atoms with Crippen LogP contribution in [0.4, 0.5) is 0 Å². The van der Waals surface area contributed by atoms with Gasteiger partial charge in [-0.25, -0.2) is 4.98 Å². The van der Waals surface area contributed by atoms with Crippen LogP contribution in [0.5, 0.6) is 0 Å². The smallest absolute Gasteiger partial charge is 0.119 e. The Kier molecular flexibility index (Phi) is 4.45. The molecular weight excluding hydrogens is 320 g/mol. The normalized spacial score (nSPS) is 10.5. The van der Waals surface area contributed by atoms with E-state index in [-0.39, 0.29) is 0 Å². The minimum absolute atomic E-state index is 0.480. The number of hydrogen-bond acceptors (Lipinski definition) is 3. The Morgan fingerprint density at radius 1 is 1.29 bits per heavy atom. The second-order valence-electron chi connectivity index (χ2n) is 3.31. The van der Waals surface area contributed by atoms with Crippen LogP contribution < -0.4 is 5.73 Å². The van der Waals surface area contributed by atoms with Gasteiger partial charge in [0.15, 0.2) is 0 Å². The summed E-state index contributed by atoms with van der Waals surface area (Å²) in [5, 5.41) is 1.45. The van der Waals surface area contributed by atoms with Gasteiger partial charge < -0.3 is 5.73 Å². The third-order valence-electron chi connectivity index (χ3n) is 2.21. The predicted octanol–water partition coefficient (Wildman–Crippen LogP) is 4.11. The number of aromatic nitrogens is 1. The van der Waals surface area contributed by atoms with E-state index in [0.717, 1.165) is 20.0 Å². The quantitative estimate of drug-likeness (QED) is 0.921. The number of pyridine rings is 1. The van der Waals surface area contributed by atoms with E-state index in [0.29, 0.717) is 11.6 Å². The molecule has 17 heavy (non-hydrogen) atoms. The molecule has 0 fully saturated rings. The molecule has 5 heteroatoms. The molecule has 1 heterocycles. The van der Waals surface area contributed by atoms with Crippen LogP contribution >= 0.6 is 39.3 Å². The van der Waals surface area contributed by atoms with Gasteiger partial charge in [-0.15, -0.1) is 0 Å². The molecule has 1 aromatic heterocycles. The van der Waals surface area contributed by atoms with Crippen LogP contribution in [0.15, 0.2) is 50.9 Å². The van der Waals surface area contributed by atoms with Gasteiger partial charge in [0.25, 0.3) is 0 Å². The zero-order valence-electron chi connectivity index (χ0n) is 8.86. The van der Waals surface area contributed by atoms with Crippen molar-refractivity contribution in [1.82, 2.24) is 4.98 Å². The maximum absolute atomic E-state index is 6.08. The Hall–Kier alpha value is -0.550. The van der Waals surface area contributed by atoms with Gasteiger partial charge in [0, 0.05) is 22.1 Å². The number of benzene rings is 1. The Balaban J connectivity index is 2.37. The van der Waals surface area contributed by atoms with Crippen molar-refractivity contribution < 1.29 is 0 Å².